The van der Waals surface area contributed by atoms with Crippen LogP contribution in [-0.2, 0) is 20.0 Å². The van der Waals surface area contributed by atoms with Crippen molar-refractivity contribution in [2.75, 3.05) is 6.61 Å². The van der Waals surface area contributed by atoms with Gasteiger partial charge in [0.2, 0.25) is 0 Å². The number of benzene rings is 1. The molecule has 2 rings (SSSR count). The molecular formula is C17H25N3O. The lowest BCUT2D eigenvalue weighted by atomic mass is 10.2. The first-order valence-electron chi connectivity index (χ1n) is 7.53. The van der Waals surface area contributed by atoms with Crippen LogP contribution in [-0.4, -0.2) is 22.4 Å². The van der Waals surface area contributed by atoms with Crippen LogP contribution in [0.2, 0.25) is 0 Å². The molecule has 0 aliphatic heterocycles. The first-order valence-corrected chi connectivity index (χ1v) is 7.53. The number of ether oxygens (including phenoxy) is 1. The van der Waals surface area contributed by atoms with E-state index in [4.69, 9.17) is 4.74 Å². The fourth-order valence-corrected chi connectivity index (χ4v) is 2.10. The van der Waals surface area contributed by atoms with Crippen LogP contribution in [0, 0.1) is 6.92 Å². The highest BCUT2D eigenvalue weighted by molar-refractivity contribution is 5.26. The summed E-state index contributed by atoms with van der Waals surface area (Å²) in [5.41, 5.74) is 3.59. The third kappa shape index (κ3) is 4.60. The second-order valence-corrected chi connectivity index (χ2v) is 5.51. The summed E-state index contributed by atoms with van der Waals surface area (Å²) in [7, 11) is 1.99. The minimum Gasteiger partial charge on any atom is -0.492 e. The summed E-state index contributed by atoms with van der Waals surface area (Å²) in [6.45, 7) is 7.79. The average Bonchev–Trinajstić information content (AvgIpc) is 2.85. The van der Waals surface area contributed by atoms with Gasteiger partial charge in [0.25, 0.3) is 0 Å². The summed E-state index contributed by atoms with van der Waals surface area (Å²) < 4.78 is 7.73. The van der Waals surface area contributed by atoms with E-state index in [2.05, 4.69) is 49.4 Å². The first-order chi connectivity index (χ1) is 10.1. The average molecular weight is 287 g/mol. The van der Waals surface area contributed by atoms with E-state index in [-0.39, 0.29) is 6.04 Å². The molecule has 0 saturated carbocycles. The highest BCUT2D eigenvalue weighted by atomic mass is 16.5. The van der Waals surface area contributed by atoms with Gasteiger partial charge in [-0.15, -0.1) is 0 Å². The van der Waals surface area contributed by atoms with E-state index in [0.29, 0.717) is 6.61 Å². The number of hydrogen-bond donors (Lipinski definition) is 1. The topological polar surface area (TPSA) is 39.1 Å². The van der Waals surface area contributed by atoms with Crippen molar-refractivity contribution in [1.29, 1.82) is 0 Å². The zero-order valence-corrected chi connectivity index (χ0v) is 13.4. The quantitative estimate of drug-likeness (QED) is 0.851. The largest absolute Gasteiger partial charge is 0.492 e. The van der Waals surface area contributed by atoms with Gasteiger partial charge in [0.15, 0.2) is 0 Å². The molecule has 0 radical (unpaired) electrons. The Morgan fingerprint density at radius 3 is 2.62 bits per heavy atom. The van der Waals surface area contributed by atoms with Gasteiger partial charge >= 0.3 is 0 Å². The number of aromatic nitrogens is 2. The standard InChI is InChI=1S/C17H25N3O/c1-5-15-10-16(20(4)19-15)11-18-14(3)12-21-17-8-6-13(2)7-9-17/h6-10,14,18H,5,11-12H2,1-4H3. The third-order valence-corrected chi connectivity index (χ3v) is 3.54. The van der Waals surface area contributed by atoms with Crippen molar-refractivity contribution in [3.8, 4) is 5.75 Å². The van der Waals surface area contributed by atoms with Crippen molar-refractivity contribution < 1.29 is 4.74 Å². The maximum atomic E-state index is 5.78. The number of rotatable bonds is 7. The molecule has 0 fully saturated rings. The lowest BCUT2D eigenvalue weighted by Crippen LogP contribution is -2.31. The Hall–Kier alpha value is -1.81. The van der Waals surface area contributed by atoms with Crippen LogP contribution in [0.25, 0.3) is 0 Å². The number of nitrogens with one attached hydrogen (secondary N) is 1. The Balaban J connectivity index is 1.77. The van der Waals surface area contributed by atoms with Gasteiger partial charge in [-0.25, -0.2) is 0 Å². The van der Waals surface area contributed by atoms with Crippen LogP contribution in [0.3, 0.4) is 0 Å². The second-order valence-electron chi connectivity index (χ2n) is 5.51. The van der Waals surface area contributed by atoms with Crippen molar-refractivity contribution in [2.45, 2.75) is 39.8 Å². The van der Waals surface area contributed by atoms with Crippen LogP contribution >= 0.6 is 0 Å². The van der Waals surface area contributed by atoms with Crippen molar-refractivity contribution >= 4 is 0 Å². The second kappa shape index (κ2) is 7.27. The fourth-order valence-electron chi connectivity index (χ4n) is 2.10. The molecule has 2 aromatic rings. The van der Waals surface area contributed by atoms with Crippen LogP contribution < -0.4 is 10.1 Å². The molecule has 0 bridgehead atoms. The van der Waals surface area contributed by atoms with E-state index in [0.717, 1.165) is 24.4 Å². The maximum Gasteiger partial charge on any atom is 0.119 e. The van der Waals surface area contributed by atoms with E-state index < -0.39 is 0 Å². The number of aryl methyl sites for hydroxylation is 3. The molecule has 114 valence electrons. The van der Waals surface area contributed by atoms with E-state index in [1.54, 1.807) is 0 Å². The summed E-state index contributed by atoms with van der Waals surface area (Å²) in [4.78, 5) is 0. The fraction of sp³-hybridized carbons (Fsp3) is 0.471. The van der Waals surface area contributed by atoms with Gasteiger partial charge in [0.1, 0.15) is 12.4 Å². The number of nitrogens with zero attached hydrogens (tertiary/aromatic N) is 2. The molecule has 4 nitrogen and oxygen atoms in total. The van der Waals surface area contributed by atoms with Gasteiger partial charge in [0.05, 0.1) is 11.4 Å². The van der Waals surface area contributed by atoms with Crippen molar-refractivity contribution in [2.24, 2.45) is 7.05 Å². The highest BCUT2D eigenvalue weighted by Gasteiger charge is 2.07. The van der Waals surface area contributed by atoms with Crippen LogP contribution in [0.5, 0.6) is 5.75 Å². The summed E-state index contributed by atoms with van der Waals surface area (Å²) >= 11 is 0. The predicted octanol–water partition coefficient (Wildman–Crippen LogP) is 2.85. The molecule has 4 heteroatoms. The van der Waals surface area contributed by atoms with Crippen molar-refractivity contribution in [1.82, 2.24) is 15.1 Å². The van der Waals surface area contributed by atoms with Gasteiger partial charge in [-0.05, 0) is 38.5 Å². The van der Waals surface area contributed by atoms with E-state index in [1.807, 2.05) is 23.9 Å². The summed E-state index contributed by atoms with van der Waals surface area (Å²) in [5.74, 6) is 0.919. The van der Waals surface area contributed by atoms with Crippen LogP contribution in [0.1, 0.15) is 30.8 Å². The molecule has 1 aromatic heterocycles. The normalized spacial score (nSPS) is 12.4. The van der Waals surface area contributed by atoms with E-state index in [1.165, 1.54) is 11.3 Å². The Labute approximate surface area is 127 Å². The Kier molecular flexibility index (Phi) is 5.39. The first kappa shape index (κ1) is 15.6. The summed E-state index contributed by atoms with van der Waals surface area (Å²) in [6, 6.07) is 10.6. The van der Waals surface area contributed by atoms with Gasteiger partial charge in [-0.3, -0.25) is 4.68 Å². The SMILES string of the molecule is CCc1cc(CNC(C)COc2ccc(C)cc2)n(C)n1. The lowest BCUT2D eigenvalue weighted by molar-refractivity contribution is 0.271. The van der Waals surface area contributed by atoms with E-state index >= 15 is 0 Å². The van der Waals surface area contributed by atoms with Gasteiger partial charge in [-0.1, -0.05) is 24.6 Å². The molecule has 0 aliphatic carbocycles. The van der Waals surface area contributed by atoms with Gasteiger partial charge in [-0.2, -0.15) is 5.10 Å². The molecule has 1 N–H and O–H groups in total. The monoisotopic (exact) mass is 287 g/mol. The van der Waals surface area contributed by atoms with E-state index in [9.17, 15) is 0 Å². The molecule has 0 aliphatic rings. The predicted molar refractivity (Wildman–Crippen MR) is 85.6 cm³/mol. The smallest absolute Gasteiger partial charge is 0.119 e. The minimum absolute atomic E-state index is 0.284. The zero-order chi connectivity index (χ0) is 15.2. The highest BCUT2D eigenvalue weighted by Crippen LogP contribution is 2.11. The van der Waals surface area contributed by atoms with Crippen LogP contribution in [0.15, 0.2) is 30.3 Å². The Morgan fingerprint density at radius 2 is 2.00 bits per heavy atom. The molecule has 1 atom stereocenters. The molecule has 1 unspecified atom stereocenters. The van der Waals surface area contributed by atoms with Crippen molar-refractivity contribution in [3.63, 3.8) is 0 Å². The molecule has 0 saturated heterocycles. The summed E-state index contributed by atoms with van der Waals surface area (Å²) in [5, 5.41) is 7.93. The maximum absolute atomic E-state index is 5.78. The molecule has 0 spiro atoms. The number of hydrogen-bond acceptors (Lipinski definition) is 3. The third-order valence-electron chi connectivity index (χ3n) is 3.54. The molecule has 21 heavy (non-hydrogen) atoms. The Morgan fingerprint density at radius 1 is 1.29 bits per heavy atom. The Bertz CT molecular complexity index is 560. The minimum atomic E-state index is 0.284. The van der Waals surface area contributed by atoms with Crippen molar-refractivity contribution in [3.05, 3.63) is 47.3 Å². The molecule has 1 aromatic carbocycles. The lowest BCUT2D eigenvalue weighted by Gasteiger charge is -2.15. The molecular weight excluding hydrogens is 262 g/mol. The van der Waals surface area contributed by atoms with Gasteiger partial charge < -0.3 is 10.1 Å². The van der Waals surface area contributed by atoms with Crippen LogP contribution in [0.4, 0.5) is 0 Å². The van der Waals surface area contributed by atoms with Gasteiger partial charge in [0, 0.05) is 19.6 Å². The molecule has 1 heterocycles. The summed E-state index contributed by atoms with van der Waals surface area (Å²) in [6.07, 6.45) is 0.972. The zero-order valence-electron chi connectivity index (χ0n) is 13.4. The molecule has 0 amide bonds.